The lowest BCUT2D eigenvalue weighted by atomic mass is 10.2. The second kappa shape index (κ2) is 5.05. The maximum atomic E-state index is 10.9. The summed E-state index contributed by atoms with van der Waals surface area (Å²) in [7, 11) is 1.87. The van der Waals surface area contributed by atoms with Crippen LogP contribution in [0.15, 0.2) is 24.7 Å². The molecule has 0 spiro atoms. The van der Waals surface area contributed by atoms with Crippen molar-refractivity contribution in [2.24, 2.45) is 7.05 Å². The molecule has 2 rings (SSSR count). The Morgan fingerprint density at radius 1 is 1.50 bits per heavy atom. The molecule has 0 amide bonds. The summed E-state index contributed by atoms with van der Waals surface area (Å²) < 4.78 is 1.85. The Balaban J connectivity index is 2.17. The standard InChI is InChI=1S/C11H11ClN4O2/c1-16-5-4-13-8(16)6-15-10-9(12)7(11(17)18)2-3-14-10/h2-5H,6H2,1H3,(H,14,15)(H,17,18). The number of pyridine rings is 1. The Labute approximate surface area is 108 Å². The van der Waals surface area contributed by atoms with Crippen molar-refractivity contribution in [2.45, 2.75) is 6.54 Å². The van der Waals surface area contributed by atoms with E-state index in [4.69, 9.17) is 16.7 Å². The first-order valence-electron chi connectivity index (χ1n) is 5.17. The number of carboxylic acids is 1. The second-order valence-electron chi connectivity index (χ2n) is 3.63. The predicted octanol–water partition coefficient (Wildman–Crippen LogP) is 1.78. The fourth-order valence-corrected chi connectivity index (χ4v) is 1.72. The topological polar surface area (TPSA) is 80.0 Å². The molecule has 0 aliphatic rings. The van der Waals surface area contributed by atoms with Crippen molar-refractivity contribution >= 4 is 23.4 Å². The number of imidazole rings is 1. The van der Waals surface area contributed by atoms with E-state index in [0.29, 0.717) is 12.4 Å². The lowest BCUT2D eigenvalue weighted by Gasteiger charge is -2.08. The van der Waals surface area contributed by atoms with Crippen LogP contribution in [-0.2, 0) is 13.6 Å². The first-order valence-corrected chi connectivity index (χ1v) is 5.55. The highest BCUT2D eigenvalue weighted by Gasteiger charge is 2.13. The zero-order chi connectivity index (χ0) is 13.1. The van der Waals surface area contributed by atoms with Gasteiger partial charge in [-0.15, -0.1) is 0 Å². The first kappa shape index (κ1) is 12.4. The van der Waals surface area contributed by atoms with Gasteiger partial charge in [-0.05, 0) is 6.07 Å². The number of hydrogen-bond donors (Lipinski definition) is 2. The van der Waals surface area contributed by atoms with Crippen LogP contribution < -0.4 is 5.32 Å². The van der Waals surface area contributed by atoms with Gasteiger partial charge in [0, 0.05) is 25.6 Å². The number of hydrogen-bond acceptors (Lipinski definition) is 4. The third-order valence-electron chi connectivity index (χ3n) is 2.45. The minimum atomic E-state index is -1.08. The van der Waals surface area contributed by atoms with Gasteiger partial charge in [-0.25, -0.2) is 14.8 Å². The quantitative estimate of drug-likeness (QED) is 0.882. The van der Waals surface area contributed by atoms with Crippen LogP contribution in [0.1, 0.15) is 16.2 Å². The Morgan fingerprint density at radius 2 is 2.28 bits per heavy atom. The van der Waals surface area contributed by atoms with Crippen LogP contribution in [0, 0.1) is 0 Å². The summed E-state index contributed by atoms with van der Waals surface area (Å²) in [5, 5.41) is 12.0. The summed E-state index contributed by atoms with van der Waals surface area (Å²) in [5.41, 5.74) is 0.0222. The fraction of sp³-hybridized carbons (Fsp3) is 0.182. The molecule has 94 valence electrons. The molecular weight excluding hydrogens is 256 g/mol. The molecule has 2 aromatic rings. The number of aromatic nitrogens is 3. The number of aryl methyl sites for hydroxylation is 1. The van der Waals surface area contributed by atoms with E-state index < -0.39 is 5.97 Å². The van der Waals surface area contributed by atoms with E-state index >= 15 is 0 Å². The smallest absolute Gasteiger partial charge is 0.337 e. The molecular formula is C11H11ClN4O2. The lowest BCUT2D eigenvalue weighted by Crippen LogP contribution is -2.08. The summed E-state index contributed by atoms with van der Waals surface area (Å²) in [4.78, 5) is 19.0. The van der Waals surface area contributed by atoms with Crippen LogP contribution >= 0.6 is 11.6 Å². The molecule has 0 unspecified atom stereocenters. The minimum Gasteiger partial charge on any atom is -0.478 e. The third-order valence-corrected chi connectivity index (χ3v) is 2.84. The summed E-state index contributed by atoms with van der Waals surface area (Å²) in [6.07, 6.45) is 4.90. The van der Waals surface area contributed by atoms with Gasteiger partial charge in [0.05, 0.1) is 17.1 Å². The molecule has 0 bridgehead atoms. The van der Waals surface area contributed by atoms with Gasteiger partial charge in [0.2, 0.25) is 0 Å². The van der Waals surface area contributed by atoms with Gasteiger partial charge in [-0.1, -0.05) is 11.6 Å². The van der Waals surface area contributed by atoms with Crippen LogP contribution in [0.3, 0.4) is 0 Å². The molecule has 18 heavy (non-hydrogen) atoms. The third kappa shape index (κ3) is 2.43. The van der Waals surface area contributed by atoms with E-state index in [9.17, 15) is 4.79 Å². The monoisotopic (exact) mass is 266 g/mol. The van der Waals surface area contributed by atoms with Gasteiger partial charge >= 0.3 is 5.97 Å². The molecule has 0 radical (unpaired) electrons. The van der Waals surface area contributed by atoms with Gasteiger partial charge < -0.3 is 15.0 Å². The average Bonchev–Trinajstić information content (AvgIpc) is 2.73. The Kier molecular flexibility index (Phi) is 3.47. The zero-order valence-electron chi connectivity index (χ0n) is 9.59. The number of nitrogens with one attached hydrogen (secondary N) is 1. The van der Waals surface area contributed by atoms with Crippen molar-refractivity contribution < 1.29 is 9.90 Å². The Morgan fingerprint density at radius 3 is 2.89 bits per heavy atom. The zero-order valence-corrected chi connectivity index (χ0v) is 10.3. The highest BCUT2D eigenvalue weighted by atomic mass is 35.5. The molecule has 0 aliphatic heterocycles. The number of rotatable bonds is 4. The van der Waals surface area contributed by atoms with Crippen LogP contribution in [0.4, 0.5) is 5.82 Å². The molecule has 0 aromatic carbocycles. The number of nitrogens with zero attached hydrogens (tertiary/aromatic N) is 3. The van der Waals surface area contributed by atoms with Crippen molar-refractivity contribution in [2.75, 3.05) is 5.32 Å². The van der Waals surface area contributed by atoms with E-state index in [1.54, 1.807) is 6.20 Å². The highest BCUT2D eigenvalue weighted by molar-refractivity contribution is 6.35. The van der Waals surface area contributed by atoms with Crippen LogP contribution in [0.25, 0.3) is 0 Å². The maximum Gasteiger partial charge on any atom is 0.337 e. The SMILES string of the molecule is Cn1ccnc1CNc1nccc(C(=O)O)c1Cl. The van der Waals surface area contributed by atoms with Gasteiger partial charge in [0.1, 0.15) is 11.6 Å². The van der Waals surface area contributed by atoms with E-state index in [1.807, 2.05) is 17.8 Å². The normalized spacial score (nSPS) is 10.3. The van der Waals surface area contributed by atoms with Crippen molar-refractivity contribution in [3.63, 3.8) is 0 Å². The number of halogens is 1. The van der Waals surface area contributed by atoms with Crippen molar-refractivity contribution in [1.82, 2.24) is 14.5 Å². The van der Waals surface area contributed by atoms with E-state index in [2.05, 4.69) is 15.3 Å². The maximum absolute atomic E-state index is 10.9. The van der Waals surface area contributed by atoms with Gasteiger partial charge in [-0.2, -0.15) is 0 Å². The number of aromatic carboxylic acids is 1. The molecule has 0 aliphatic carbocycles. The van der Waals surface area contributed by atoms with Crippen molar-refractivity contribution in [3.8, 4) is 0 Å². The predicted molar refractivity (Wildman–Crippen MR) is 66.7 cm³/mol. The molecule has 6 nitrogen and oxygen atoms in total. The summed E-state index contributed by atoms with van der Waals surface area (Å²) in [5.74, 6) is 0.0515. The summed E-state index contributed by atoms with van der Waals surface area (Å²) in [6.45, 7) is 0.416. The molecule has 0 fully saturated rings. The van der Waals surface area contributed by atoms with E-state index in [0.717, 1.165) is 5.82 Å². The Bertz CT molecular complexity index is 582. The Hall–Kier alpha value is -2.08. The van der Waals surface area contributed by atoms with Crippen molar-refractivity contribution in [1.29, 1.82) is 0 Å². The number of carbonyl (C=O) groups is 1. The van der Waals surface area contributed by atoms with Crippen LogP contribution in [-0.4, -0.2) is 25.6 Å². The van der Waals surface area contributed by atoms with Gasteiger partial charge in [-0.3, -0.25) is 0 Å². The number of carboxylic acid groups (broad SMARTS) is 1. The molecule has 0 saturated carbocycles. The highest BCUT2D eigenvalue weighted by Crippen LogP contribution is 2.23. The molecule has 2 N–H and O–H groups in total. The van der Waals surface area contributed by atoms with Crippen molar-refractivity contribution in [3.05, 3.63) is 41.1 Å². The lowest BCUT2D eigenvalue weighted by molar-refractivity contribution is 0.0697. The molecule has 7 heteroatoms. The first-order chi connectivity index (χ1) is 8.59. The number of anilines is 1. The summed E-state index contributed by atoms with van der Waals surface area (Å²) >= 11 is 5.95. The summed E-state index contributed by atoms with van der Waals surface area (Å²) in [6, 6.07) is 1.36. The average molecular weight is 267 g/mol. The molecule has 0 atom stereocenters. The molecule has 2 heterocycles. The molecule has 2 aromatic heterocycles. The van der Waals surface area contributed by atoms with E-state index in [-0.39, 0.29) is 10.6 Å². The van der Waals surface area contributed by atoms with Crippen LogP contribution in [0.2, 0.25) is 5.02 Å². The minimum absolute atomic E-state index is 0.0222. The van der Waals surface area contributed by atoms with E-state index in [1.165, 1.54) is 12.3 Å². The largest absolute Gasteiger partial charge is 0.478 e. The van der Waals surface area contributed by atoms with Gasteiger partial charge in [0.25, 0.3) is 0 Å². The second-order valence-corrected chi connectivity index (χ2v) is 4.01. The van der Waals surface area contributed by atoms with Crippen LogP contribution in [0.5, 0.6) is 0 Å². The fourth-order valence-electron chi connectivity index (χ4n) is 1.46. The van der Waals surface area contributed by atoms with Gasteiger partial charge in [0.15, 0.2) is 0 Å². The molecule has 0 saturated heterocycles.